The topological polar surface area (TPSA) is 64.2 Å². The van der Waals surface area contributed by atoms with E-state index in [1.54, 1.807) is 10.9 Å². The molecule has 1 aromatic heterocycles. The largest absolute Gasteiger partial charge is 0.338 e. The van der Waals surface area contributed by atoms with Crippen LogP contribution in [0.5, 0.6) is 0 Å². The number of nitrogens with two attached hydrogens (primary N) is 1. The first-order chi connectivity index (χ1) is 7.97. The van der Waals surface area contributed by atoms with Crippen molar-refractivity contribution in [3.63, 3.8) is 0 Å². The molecule has 1 amide bonds. The van der Waals surface area contributed by atoms with Crippen LogP contribution in [0, 0.1) is 12.3 Å². The molecular weight excluding hydrogens is 252 g/mol. The molecule has 1 unspecified atom stereocenters. The number of carbonyl (C=O) groups is 1. The summed E-state index contributed by atoms with van der Waals surface area (Å²) in [7, 11) is 1.85. The molecule has 102 valence electrons. The number of halogens is 1. The van der Waals surface area contributed by atoms with Gasteiger partial charge in [-0.05, 0) is 25.3 Å². The zero-order chi connectivity index (χ0) is 12.6. The molecule has 0 aliphatic carbocycles. The number of aryl methyl sites for hydroxylation is 1. The van der Waals surface area contributed by atoms with E-state index in [0.717, 1.165) is 25.2 Å². The Hall–Kier alpha value is -1.07. The van der Waals surface area contributed by atoms with Crippen LogP contribution in [-0.4, -0.2) is 40.2 Å². The summed E-state index contributed by atoms with van der Waals surface area (Å²) in [4.78, 5) is 14.2. The van der Waals surface area contributed by atoms with E-state index >= 15 is 0 Å². The predicted octanol–water partition coefficient (Wildman–Crippen LogP) is 0.961. The fraction of sp³-hybridized carbons (Fsp3) is 0.667. The van der Waals surface area contributed by atoms with E-state index in [4.69, 9.17) is 5.73 Å². The van der Waals surface area contributed by atoms with E-state index in [9.17, 15) is 4.79 Å². The molecule has 18 heavy (non-hydrogen) atoms. The van der Waals surface area contributed by atoms with Crippen molar-refractivity contribution in [2.75, 3.05) is 19.6 Å². The molecule has 5 nitrogen and oxygen atoms in total. The number of carbonyl (C=O) groups excluding carboxylic acids is 1. The summed E-state index contributed by atoms with van der Waals surface area (Å²) in [5.41, 5.74) is 7.44. The van der Waals surface area contributed by atoms with E-state index in [1.807, 2.05) is 18.9 Å². The molecular formula is C12H21ClN4O. The van der Waals surface area contributed by atoms with Gasteiger partial charge in [-0.15, -0.1) is 12.4 Å². The van der Waals surface area contributed by atoms with Gasteiger partial charge in [-0.2, -0.15) is 5.10 Å². The van der Waals surface area contributed by atoms with Gasteiger partial charge in [0.25, 0.3) is 5.91 Å². The highest BCUT2D eigenvalue weighted by atomic mass is 35.5. The normalized spacial score (nSPS) is 23.0. The quantitative estimate of drug-likeness (QED) is 0.872. The van der Waals surface area contributed by atoms with Gasteiger partial charge in [-0.25, -0.2) is 0 Å². The highest BCUT2D eigenvalue weighted by Gasteiger charge is 2.35. The van der Waals surface area contributed by atoms with Crippen molar-refractivity contribution >= 4 is 18.3 Å². The molecule has 0 aromatic carbocycles. The first-order valence-electron chi connectivity index (χ1n) is 5.95. The number of nitrogens with zero attached hydrogens (tertiary/aromatic N) is 3. The van der Waals surface area contributed by atoms with E-state index in [-0.39, 0.29) is 23.7 Å². The van der Waals surface area contributed by atoms with Crippen molar-refractivity contribution in [1.29, 1.82) is 0 Å². The number of aromatic nitrogens is 2. The highest BCUT2D eigenvalue weighted by molar-refractivity contribution is 5.95. The monoisotopic (exact) mass is 272 g/mol. The molecule has 0 bridgehead atoms. The lowest BCUT2D eigenvalue weighted by atomic mass is 9.90. The van der Waals surface area contributed by atoms with Gasteiger partial charge in [0.2, 0.25) is 0 Å². The van der Waals surface area contributed by atoms with Crippen molar-refractivity contribution in [2.45, 2.75) is 20.3 Å². The van der Waals surface area contributed by atoms with Crippen LogP contribution in [0.25, 0.3) is 0 Å². The Labute approximate surface area is 114 Å². The SMILES string of the molecule is Cc1c(C(=O)N2CCC(C)(CN)C2)cnn1C.Cl. The number of hydrogen-bond acceptors (Lipinski definition) is 3. The number of hydrogen-bond donors (Lipinski definition) is 1. The van der Waals surface area contributed by atoms with Crippen LogP contribution in [0.4, 0.5) is 0 Å². The summed E-state index contributed by atoms with van der Waals surface area (Å²) < 4.78 is 1.73. The third kappa shape index (κ3) is 2.52. The highest BCUT2D eigenvalue weighted by Crippen LogP contribution is 2.29. The van der Waals surface area contributed by atoms with Crippen molar-refractivity contribution in [2.24, 2.45) is 18.2 Å². The first kappa shape index (κ1) is 15.0. The zero-order valence-corrected chi connectivity index (χ0v) is 12.0. The zero-order valence-electron chi connectivity index (χ0n) is 11.1. The maximum absolute atomic E-state index is 12.3. The Morgan fingerprint density at radius 2 is 2.28 bits per heavy atom. The van der Waals surface area contributed by atoms with Crippen LogP contribution in [0.3, 0.4) is 0 Å². The van der Waals surface area contributed by atoms with Gasteiger partial charge in [0.1, 0.15) is 0 Å². The second kappa shape index (κ2) is 5.28. The summed E-state index contributed by atoms with van der Waals surface area (Å²) in [5.74, 6) is 0.0766. The Kier molecular flexibility index (Phi) is 4.40. The van der Waals surface area contributed by atoms with Gasteiger partial charge >= 0.3 is 0 Å². The average Bonchev–Trinajstić information content (AvgIpc) is 2.85. The molecule has 1 aromatic rings. The van der Waals surface area contributed by atoms with Crippen LogP contribution < -0.4 is 5.73 Å². The number of rotatable bonds is 2. The van der Waals surface area contributed by atoms with E-state index in [1.165, 1.54) is 0 Å². The second-order valence-corrected chi connectivity index (χ2v) is 5.26. The van der Waals surface area contributed by atoms with Gasteiger partial charge in [-0.3, -0.25) is 9.48 Å². The lowest BCUT2D eigenvalue weighted by Gasteiger charge is -2.22. The average molecular weight is 273 g/mol. The fourth-order valence-electron chi connectivity index (χ4n) is 2.24. The Morgan fingerprint density at radius 1 is 1.61 bits per heavy atom. The number of amides is 1. The molecule has 1 atom stereocenters. The third-order valence-corrected chi connectivity index (χ3v) is 3.80. The summed E-state index contributed by atoms with van der Waals surface area (Å²) >= 11 is 0. The van der Waals surface area contributed by atoms with Gasteiger partial charge in [0, 0.05) is 25.8 Å². The molecule has 2 heterocycles. The fourth-order valence-corrected chi connectivity index (χ4v) is 2.24. The maximum Gasteiger partial charge on any atom is 0.257 e. The van der Waals surface area contributed by atoms with Gasteiger partial charge < -0.3 is 10.6 Å². The van der Waals surface area contributed by atoms with Crippen molar-refractivity contribution in [3.05, 3.63) is 17.5 Å². The molecule has 6 heteroatoms. The van der Waals surface area contributed by atoms with Crippen LogP contribution in [0.1, 0.15) is 29.4 Å². The van der Waals surface area contributed by atoms with Crippen molar-refractivity contribution in [3.8, 4) is 0 Å². The molecule has 0 saturated carbocycles. The van der Waals surface area contributed by atoms with Crippen LogP contribution in [0.2, 0.25) is 0 Å². The standard InChI is InChI=1S/C12H20N4O.ClH/c1-9-10(6-14-15(9)3)11(17)16-5-4-12(2,7-13)8-16;/h6H,4-5,7-8,13H2,1-3H3;1H. The molecule has 2 N–H and O–H groups in total. The summed E-state index contributed by atoms with van der Waals surface area (Å²) in [5, 5.41) is 4.11. The molecule has 1 saturated heterocycles. The minimum atomic E-state index is 0. The van der Waals surface area contributed by atoms with Gasteiger partial charge in [0.15, 0.2) is 0 Å². The second-order valence-electron chi connectivity index (χ2n) is 5.26. The Morgan fingerprint density at radius 3 is 2.72 bits per heavy atom. The molecule has 1 aliphatic rings. The minimum absolute atomic E-state index is 0. The smallest absolute Gasteiger partial charge is 0.257 e. The Bertz CT molecular complexity index is 445. The first-order valence-corrected chi connectivity index (χ1v) is 5.95. The van der Waals surface area contributed by atoms with Crippen LogP contribution in [0.15, 0.2) is 6.20 Å². The molecule has 2 rings (SSSR count). The van der Waals surface area contributed by atoms with E-state index < -0.39 is 0 Å². The van der Waals surface area contributed by atoms with Crippen LogP contribution >= 0.6 is 12.4 Å². The Balaban J connectivity index is 0.00000162. The summed E-state index contributed by atoms with van der Waals surface area (Å²) in [6.45, 7) is 6.22. The summed E-state index contributed by atoms with van der Waals surface area (Å²) in [6.07, 6.45) is 2.63. The minimum Gasteiger partial charge on any atom is -0.338 e. The van der Waals surface area contributed by atoms with Crippen LogP contribution in [-0.2, 0) is 7.05 Å². The lowest BCUT2D eigenvalue weighted by molar-refractivity contribution is 0.0776. The summed E-state index contributed by atoms with van der Waals surface area (Å²) in [6, 6.07) is 0. The van der Waals surface area contributed by atoms with E-state index in [2.05, 4.69) is 12.0 Å². The maximum atomic E-state index is 12.3. The number of likely N-dealkylation sites (tertiary alicyclic amines) is 1. The van der Waals surface area contributed by atoms with Crippen molar-refractivity contribution in [1.82, 2.24) is 14.7 Å². The third-order valence-electron chi connectivity index (χ3n) is 3.80. The van der Waals surface area contributed by atoms with Gasteiger partial charge in [0.05, 0.1) is 11.8 Å². The van der Waals surface area contributed by atoms with Crippen molar-refractivity contribution < 1.29 is 4.79 Å². The molecule has 1 aliphatic heterocycles. The molecule has 0 spiro atoms. The van der Waals surface area contributed by atoms with E-state index in [0.29, 0.717) is 12.1 Å². The van der Waals surface area contributed by atoms with Gasteiger partial charge in [-0.1, -0.05) is 6.92 Å². The molecule has 0 radical (unpaired) electrons. The lowest BCUT2D eigenvalue weighted by Crippen LogP contribution is -2.34. The molecule has 1 fully saturated rings. The predicted molar refractivity (Wildman–Crippen MR) is 72.9 cm³/mol.